The summed E-state index contributed by atoms with van der Waals surface area (Å²) in [5.41, 5.74) is 2.16. The summed E-state index contributed by atoms with van der Waals surface area (Å²) >= 11 is 0. The first-order chi connectivity index (χ1) is 9.78. The number of fused-ring (bicyclic) bond motifs is 1. The summed E-state index contributed by atoms with van der Waals surface area (Å²) in [6.07, 6.45) is 0.857. The Kier molecular flexibility index (Phi) is 3.31. The highest BCUT2D eigenvalue weighted by molar-refractivity contribution is 5.78. The molecular formula is C16H14N2O2. The standard InChI is InChI=1S/C16H14N2O2/c1-20-15-8-4-7-14(18-15)16(19)12-9-11-5-2-3-6-13(11)17-10-12/h2-10,16,19H,1H3. The summed E-state index contributed by atoms with van der Waals surface area (Å²) in [4.78, 5) is 8.60. The van der Waals surface area contributed by atoms with Gasteiger partial charge in [-0.15, -0.1) is 0 Å². The molecule has 1 unspecified atom stereocenters. The summed E-state index contributed by atoms with van der Waals surface area (Å²) in [5.74, 6) is 0.482. The number of pyridine rings is 2. The number of para-hydroxylation sites is 1. The fourth-order valence-electron chi connectivity index (χ4n) is 2.11. The lowest BCUT2D eigenvalue weighted by molar-refractivity contribution is 0.213. The van der Waals surface area contributed by atoms with Gasteiger partial charge >= 0.3 is 0 Å². The molecule has 0 saturated heterocycles. The van der Waals surface area contributed by atoms with Crippen LogP contribution in [0.1, 0.15) is 17.4 Å². The highest BCUT2D eigenvalue weighted by Crippen LogP contribution is 2.24. The Bertz CT molecular complexity index is 743. The number of hydrogen-bond acceptors (Lipinski definition) is 4. The molecular weight excluding hydrogens is 252 g/mol. The molecule has 1 N–H and O–H groups in total. The summed E-state index contributed by atoms with van der Waals surface area (Å²) in [7, 11) is 1.55. The Labute approximate surface area is 116 Å². The molecule has 0 aliphatic rings. The van der Waals surface area contributed by atoms with Crippen LogP contribution in [-0.2, 0) is 0 Å². The second-order valence-corrected chi connectivity index (χ2v) is 4.47. The molecule has 0 radical (unpaired) electrons. The fraction of sp³-hybridized carbons (Fsp3) is 0.125. The lowest BCUT2D eigenvalue weighted by Gasteiger charge is -2.11. The van der Waals surface area contributed by atoms with Gasteiger partial charge in [0.15, 0.2) is 0 Å². The highest BCUT2D eigenvalue weighted by atomic mass is 16.5. The maximum absolute atomic E-state index is 10.4. The number of aliphatic hydroxyl groups excluding tert-OH is 1. The van der Waals surface area contributed by atoms with E-state index >= 15 is 0 Å². The van der Waals surface area contributed by atoms with Gasteiger partial charge in [0.1, 0.15) is 6.10 Å². The number of aliphatic hydroxyl groups is 1. The van der Waals surface area contributed by atoms with Crippen molar-refractivity contribution in [2.75, 3.05) is 7.11 Å². The number of rotatable bonds is 3. The molecule has 20 heavy (non-hydrogen) atoms. The Morgan fingerprint density at radius 1 is 1.10 bits per heavy atom. The lowest BCUT2D eigenvalue weighted by atomic mass is 10.1. The van der Waals surface area contributed by atoms with E-state index in [0.29, 0.717) is 17.1 Å². The molecule has 0 saturated carbocycles. The molecule has 1 atom stereocenters. The van der Waals surface area contributed by atoms with Crippen LogP contribution >= 0.6 is 0 Å². The quantitative estimate of drug-likeness (QED) is 0.792. The van der Waals surface area contributed by atoms with E-state index in [1.807, 2.05) is 30.3 Å². The van der Waals surface area contributed by atoms with E-state index in [1.165, 1.54) is 0 Å². The van der Waals surface area contributed by atoms with E-state index < -0.39 is 6.10 Å². The van der Waals surface area contributed by atoms with Gasteiger partial charge in [-0.05, 0) is 18.2 Å². The normalized spacial score (nSPS) is 12.3. The zero-order valence-corrected chi connectivity index (χ0v) is 11.0. The first-order valence-corrected chi connectivity index (χ1v) is 6.31. The van der Waals surface area contributed by atoms with Crippen molar-refractivity contribution < 1.29 is 9.84 Å². The summed E-state index contributed by atoms with van der Waals surface area (Å²) in [6, 6.07) is 15.0. The molecule has 2 aromatic heterocycles. The van der Waals surface area contributed by atoms with E-state index in [-0.39, 0.29) is 0 Å². The zero-order chi connectivity index (χ0) is 13.9. The first kappa shape index (κ1) is 12.6. The van der Waals surface area contributed by atoms with E-state index in [1.54, 1.807) is 31.5 Å². The Morgan fingerprint density at radius 3 is 2.80 bits per heavy atom. The average Bonchev–Trinajstić information content (AvgIpc) is 2.53. The molecule has 2 heterocycles. The van der Waals surface area contributed by atoms with Crippen molar-refractivity contribution in [1.29, 1.82) is 0 Å². The van der Waals surface area contributed by atoms with Crippen molar-refractivity contribution in [1.82, 2.24) is 9.97 Å². The lowest BCUT2D eigenvalue weighted by Crippen LogP contribution is -2.03. The van der Waals surface area contributed by atoms with Crippen molar-refractivity contribution >= 4 is 10.9 Å². The van der Waals surface area contributed by atoms with Crippen LogP contribution in [0.25, 0.3) is 10.9 Å². The number of methoxy groups -OCH3 is 1. The van der Waals surface area contributed by atoms with Crippen molar-refractivity contribution in [3.8, 4) is 5.88 Å². The summed E-state index contributed by atoms with van der Waals surface area (Å²) in [5, 5.41) is 11.4. The number of nitrogens with zero attached hydrogens (tertiary/aromatic N) is 2. The molecule has 4 nitrogen and oxygen atoms in total. The monoisotopic (exact) mass is 266 g/mol. The van der Waals surface area contributed by atoms with Gasteiger partial charge in [-0.1, -0.05) is 24.3 Å². The van der Waals surface area contributed by atoms with Crippen molar-refractivity contribution in [3.63, 3.8) is 0 Å². The van der Waals surface area contributed by atoms with Crippen LogP contribution in [0.5, 0.6) is 5.88 Å². The number of benzene rings is 1. The summed E-state index contributed by atoms with van der Waals surface area (Å²) in [6.45, 7) is 0. The summed E-state index contributed by atoms with van der Waals surface area (Å²) < 4.78 is 5.07. The molecule has 4 heteroatoms. The van der Waals surface area contributed by atoms with Crippen molar-refractivity contribution in [2.45, 2.75) is 6.10 Å². The second kappa shape index (κ2) is 5.27. The second-order valence-electron chi connectivity index (χ2n) is 4.47. The highest BCUT2D eigenvalue weighted by Gasteiger charge is 2.13. The molecule has 0 spiro atoms. The average molecular weight is 266 g/mol. The third-order valence-corrected chi connectivity index (χ3v) is 3.16. The minimum absolute atomic E-state index is 0.482. The number of hydrogen-bond donors (Lipinski definition) is 1. The van der Waals surface area contributed by atoms with Gasteiger partial charge in [-0.2, -0.15) is 0 Å². The van der Waals surface area contributed by atoms with Crippen LogP contribution in [0.3, 0.4) is 0 Å². The van der Waals surface area contributed by atoms with Gasteiger partial charge in [-0.25, -0.2) is 4.98 Å². The molecule has 0 fully saturated rings. The van der Waals surface area contributed by atoms with Crippen LogP contribution in [0, 0.1) is 0 Å². The minimum Gasteiger partial charge on any atom is -0.481 e. The Hall–Kier alpha value is -2.46. The van der Waals surface area contributed by atoms with Gasteiger partial charge in [0.2, 0.25) is 5.88 Å². The van der Waals surface area contributed by atoms with Gasteiger partial charge < -0.3 is 9.84 Å². The van der Waals surface area contributed by atoms with Crippen molar-refractivity contribution in [3.05, 3.63) is 66.0 Å². The first-order valence-electron chi connectivity index (χ1n) is 6.31. The third kappa shape index (κ3) is 2.33. The van der Waals surface area contributed by atoms with E-state index in [4.69, 9.17) is 4.74 Å². The molecule has 100 valence electrons. The Morgan fingerprint density at radius 2 is 1.95 bits per heavy atom. The minimum atomic E-state index is -0.817. The van der Waals surface area contributed by atoms with E-state index in [2.05, 4.69) is 9.97 Å². The maximum atomic E-state index is 10.4. The van der Waals surface area contributed by atoms with Gasteiger partial charge in [-0.3, -0.25) is 4.98 Å². The third-order valence-electron chi connectivity index (χ3n) is 3.16. The zero-order valence-electron chi connectivity index (χ0n) is 11.0. The molecule has 0 amide bonds. The SMILES string of the molecule is COc1cccc(C(O)c2cnc3ccccc3c2)n1. The van der Waals surface area contributed by atoms with Crippen molar-refractivity contribution in [2.24, 2.45) is 0 Å². The van der Waals surface area contributed by atoms with E-state index in [9.17, 15) is 5.11 Å². The molecule has 3 aromatic rings. The fourth-order valence-corrected chi connectivity index (χ4v) is 2.11. The number of ether oxygens (including phenoxy) is 1. The van der Waals surface area contributed by atoms with Gasteiger partial charge in [0.05, 0.1) is 18.3 Å². The smallest absolute Gasteiger partial charge is 0.213 e. The molecule has 0 aliphatic carbocycles. The van der Waals surface area contributed by atoms with Crippen LogP contribution in [0.2, 0.25) is 0 Å². The van der Waals surface area contributed by atoms with Crippen LogP contribution in [0.15, 0.2) is 54.7 Å². The Balaban J connectivity index is 2.00. The number of aromatic nitrogens is 2. The predicted octanol–water partition coefficient (Wildman–Crippen LogP) is 2.72. The molecule has 0 bridgehead atoms. The van der Waals surface area contributed by atoms with Gasteiger partial charge in [0.25, 0.3) is 0 Å². The van der Waals surface area contributed by atoms with Crippen LogP contribution in [0.4, 0.5) is 0 Å². The van der Waals surface area contributed by atoms with Gasteiger partial charge in [0, 0.05) is 23.2 Å². The van der Waals surface area contributed by atoms with Crippen LogP contribution < -0.4 is 4.74 Å². The van der Waals surface area contributed by atoms with Crippen LogP contribution in [-0.4, -0.2) is 22.2 Å². The largest absolute Gasteiger partial charge is 0.481 e. The molecule has 0 aliphatic heterocycles. The maximum Gasteiger partial charge on any atom is 0.213 e. The molecule has 3 rings (SSSR count). The molecule has 1 aromatic carbocycles. The topological polar surface area (TPSA) is 55.2 Å². The van der Waals surface area contributed by atoms with E-state index in [0.717, 1.165) is 10.9 Å². The predicted molar refractivity (Wildman–Crippen MR) is 76.6 cm³/mol.